The smallest absolute Gasteiger partial charge is 0.315 e. The van der Waals surface area contributed by atoms with E-state index in [2.05, 4.69) is 20.8 Å². The SMILES string of the molecule is CCc1nncn1CCNC(=O)NC(C)(CC)CCO. The lowest BCUT2D eigenvalue weighted by Gasteiger charge is -2.29. The molecular formula is C13H25N5O2. The third-order valence-corrected chi connectivity index (χ3v) is 3.51. The first-order chi connectivity index (χ1) is 9.54. The summed E-state index contributed by atoms with van der Waals surface area (Å²) in [5, 5.41) is 22.6. The summed E-state index contributed by atoms with van der Waals surface area (Å²) in [4.78, 5) is 11.8. The number of aliphatic hydroxyl groups is 1. The van der Waals surface area contributed by atoms with Crippen LogP contribution in [0.4, 0.5) is 4.79 Å². The number of amides is 2. The van der Waals surface area contributed by atoms with E-state index in [0.29, 0.717) is 19.5 Å². The quantitative estimate of drug-likeness (QED) is 0.654. The Morgan fingerprint density at radius 1 is 1.50 bits per heavy atom. The molecule has 0 fully saturated rings. The Morgan fingerprint density at radius 3 is 2.85 bits per heavy atom. The summed E-state index contributed by atoms with van der Waals surface area (Å²) in [6.45, 7) is 7.15. The standard InChI is InChI=1S/C13H25N5O2/c1-4-11-17-15-10-18(11)8-7-14-12(20)16-13(3,5-2)6-9-19/h10,19H,4-9H2,1-3H3,(H2,14,16,20). The number of nitrogens with zero attached hydrogens (tertiary/aromatic N) is 3. The van der Waals surface area contributed by atoms with Crippen LogP contribution in [0.2, 0.25) is 0 Å². The second kappa shape index (κ2) is 7.84. The Kier molecular flexibility index (Phi) is 6.44. The van der Waals surface area contributed by atoms with Crippen LogP contribution in [0.3, 0.4) is 0 Å². The summed E-state index contributed by atoms with van der Waals surface area (Å²) in [5.74, 6) is 0.908. The van der Waals surface area contributed by atoms with Gasteiger partial charge in [0.25, 0.3) is 0 Å². The number of hydrogen-bond donors (Lipinski definition) is 3. The van der Waals surface area contributed by atoms with Crippen molar-refractivity contribution in [3.05, 3.63) is 12.2 Å². The molecule has 0 aromatic carbocycles. The molecule has 2 amide bonds. The largest absolute Gasteiger partial charge is 0.396 e. The first-order valence-electron chi connectivity index (χ1n) is 7.08. The molecule has 7 heteroatoms. The molecule has 0 aliphatic heterocycles. The van der Waals surface area contributed by atoms with Crippen molar-refractivity contribution in [2.24, 2.45) is 0 Å². The second-order valence-corrected chi connectivity index (χ2v) is 5.06. The van der Waals surface area contributed by atoms with Crippen LogP contribution in [0.15, 0.2) is 6.33 Å². The van der Waals surface area contributed by atoms with E-state index in [4.69, 9.17) is 5.11 Å². The zero-order chi connectivity index (χ0) is 15.0. The van der Waals surface area contributed by atoms with E-state index in [0.717, 1.165) is 18.7 Å². The van der Waals surface area contributed by atoms with E-state index < -0.39 is 0 Å². The maximum atomic E-state index is 11.8. The number of rotatable bonds is 8. The summed E-state index contributed by atoms with van der Waals surface area (Å²) in [6.07, 6.45) is 3.80. The molecule has 1 aromatic rings. The zero-order valence-electron chi connectivity index (χ0n) is 12.5. The predicted octanol–water partition coefficient (Wildman–Crippen LogP) is 0.691. The molecule has 1 aromatic heterocycles. The molecule has 1 heterocycles. The summed E-state index contributed by atoms with van der Waals surface area (Å²) >= 11 is 0. The number of aliphatic hydroxyl groups excluding tert-OH is 1. The second-order valence-electron chi connectivity index (χ2n) is 5.06. The van der Waals surface area contributed by atoms with Crippen LogP contribution in [-0.2, 0) is 13.0 Å². The first kappa shape index (κ1) is 16.4. The minimum Gasteiger partial charge on any atom is -0.396 e. The minimum atomic E-state index is -0.371. The fourth-order valence-electron chi connectivity index (χ4n) is 1.92. The van der Waals surface area contributed by atoms with Crippen molar-refractivity contribution in [3.8, 4) is 0 Å². The number of nitrogens with one attached hydrogen (secondary N) is 2. The highest BCUT2D eigenvalue weighted by molar-refractivity contribution is 5.74. The molecule has 0 aliphatic rings. The predicted molar refractivity (Wildman–Crippen MR) is 76.3 cm³/mol. The Balaban J connectivity index is 2.36. The number of aryl methyl sites for hydroxylation is 1. The average Bonchev–Trinajstić information content (AvgIpc) is 2.86. The lowest BCUT2D eigenvalue weighted by molar-refractivity contribution is 0.200. The summed E-state index contributed by atoms with van der Waals surface area (Å²) < 4.78 is 1.92. The Hall–Kier alpha value is -1.63. The molecule has 20 heavy (non-hydrogen) atoms. The molecule has 7 nitrogen and oxygen atoms in total. The van der Waals surface area contributed by atoms with Gasteiger partial charge in [-0.3, -0.25) is 0 Å². The molecule has 0 bridgehead atoms. The number of carbonyl (C=O) groups excluding carboxylic acids is 1. The molecular weight excluding hydrogens is 258 g/mol. The Labute approximate surface area is 119 Å². The number of carbonyl (C=O) groups is 1. The fraction of sp³-hybridized carbons (Fsp3) is 0.769. The monoisotopic (exact) mass is 283 g/mol. The van der Waals surface area contributed by atoms with Gasteiger partial charge < -0.3 is 20.3 Å². The summed E-state index contributed by atoms with van der Waals surface area (Å²) in [6, 6.07) is -0.214. The van der Waals surface area contributed by atoms with E-state index in [9.17, 15) is 4.79 Å². The normalized spacial score (nSPS) is 13.8. The Bertz CT molecular complexity index is 421. The summed E-state index contributed by atoms with van der Waals surface area (Å²) in [7, 11) is 0. The van der Waals surface area contributed by atoms with Crippen LogP contribution < -0.4 is 10.6 Å². The summed E-state index contributed by atoms with van der Waals surface area (Å²) in [5.41, 5.74) is -0.371. The van der Waals surface area contributed by atoms with Crippen molar-refractivity contribution in [2.45, 2.75) is 52.1 Å². The van der Waals surface area contributed by atoms with Crippen LogP contribution >= 0.6 is 0 Å². The van der Waals surface area contributed by atoms with Crippen LogP contribution in [0, 0.1) is 0 Å². The van der Waals surface area contributed by atoms with Crippen LogP contribution in [0.25, 0.3) is 0 Å². The highest BCUT2D eigenvalue weighted by atomic mass is 16.3. The van der Waals surface area contributed by atoms with E-state index in [1.165, 1.54) is 0 Å². The molecule has 3 N–H and O–H groups in total. The highest BCUT2D eigenvalue weighted by Crippen LogP contribution is 2.13. The number of hydrogen-bond acceptors (Lipinski definition) is 4. The van der Waals surface area contributed by atoms with Crippen molar-refractivity contribution in [2.75, 3.05) is 13.2 Å². The van der Waals surface area contributed by atoms with Gasteiger partial charge in [0, 0.05) is 31.7 Å². The average molecular weight is 283 g/mol. The van der Waals surface area contributed by atoms with Crippen molar-refractivity contribution in [1.82, 2.24) is 25.4 Å². The number of aromatic nitrogens is 3. The van der Waals surface area contributed by atoms with Crippen LogP contribution in [-0.4, -0.2) is 44.6 Å². The number of urea groups is 1. The van der Waals surface area contributed by atoms with Gasteiger partial charge in [-0.25, -0.2) is 4.79 Å². The van der Waals surface area contributed by atoms with E-state index in [1.54, 1.807) is 6.33 Å². The molecule has 1 unspecified atom stereocenters. The van der Waals surface area contributed by atoms with Crippen LogP contribution in [0.5, 0.6) is 0 Å². The highest BCUT2D eigenvalue weighted by Gasteiger charge is 2.23. The van der Waals surface area contributed by atoms with E-state index in [-0.39, 0.29) is 18.2 Å². The maximum Gasteiger partial charge on any atom is 0.315 e. The molecule has 0 aliphatic carbocycles. The maximum absolute atomic E-state index is 11.8. The molecule has 0 spiro atoms. The van der Waals surface area contributed by atoms with Crippen molar-refractivity contribution < 1.29 is 9.90 Å². The molecule has 0 saturated heterocycles. The molecule has 1 atom stereocenters. The van der Waals surface area contributed by atoms with Crippen molar-refractivity contribution in [1.29, 1.82) is 0 Å². The zero-order valence-corrected chi connectivity index (χ0v) is 12.5. The third-order valence-electron chi connectivity index (χ3n) is 3.51. The van der Waals surface area contributed by atoms with Crippen LogP contribution in [0.1, 0.15) is 39.4 Å². The van der Waals surface area contributed by atoms with E-state index in [1.807, 2.05) is 25.3 Å². The van der Waals surface area contributed by atoms with Gasteiger partial charge in [-0.1, -0.05) is 13.8 Å². The first-order valence-corrected chi connectivity index (χ1v) is 7.08. The van der Waals surface area contributed by atoms with Crippen molar-refractivity contribution >= 4 is 6.03 Å². The van der Waals surface area contributed by atoms with Gasteiger partial charge in [0.05, 0.1) is 0 Å². The topological polar surface area (TPSA) is 92.1 Å². The fourth-order valence-corrected chi connectivity index (χ4v) is 1.92. The molecule has 114 valence electrons. The lowest BCUT2D eigenvalue weighted by atomic mass is 9.95. The Morgan fingerprint density at radius 2 is 2.25 bits per heavy atom. The van der Waals surface area contributed by atoms with Gasteiger partial charge in [-0.15, -0.1) is 10.2 Å². The minimum absolute atomic E-state index is 0.0607. The molecule has 0 radical (unpaired) electrons. The third kappa shape index (κ3) is 4.80. The van der Waals surface area contributed by atoms with Gasteiger partial charge >= 0.3 is 6.03 Å². The van der Waals surface area contributed by atoms with Gasteiger partial charge in [0.15, 0.2) is 0 Å². The van der Waals surface area contributed by atoms with Gasteiger partial charge in [-0.05, 0) is 19.8 Å². The molecule has 0 saturated carbocycles. The molecule has 1 rings (SSSR count). The van der Waals surface area contributed by atoms with E-state index >= 15 is 0 Å². The van der Waals surface area contributed by atoms with Gasteiger partial charge in [-0.2, -0.15) is 0 Å². The van der Waals surface area contributed by atoms with Crippen molar-refractivity contribution in [3.63, 3.8) is 0 Å². The lowest BCUT2D eigenvalue weighted by Crippen LogP contribution is -2.50. The van der Waals surface area contributed by atoms with Gasteiger partial charge in [0.2, 0.25) is 0 Å². The van der Waals surface area contributed by atoms with Gasteiger partial charge in [0.1, 0.15) is 12.2 Å².